The van der Waals surface area contributed by atoms with Crippen LogP contribution in [0.4, 0.5) is 0 Å². The molecule has 0 atom stereocenters. The number of carbonyl (C=O) groups excluding carboxylic acids is 2. The number of hydrogen-bond acceptors (Lipinski definition) is 6. The lowest BCUT2D eigenvalue weighted by molar-refractivity contribution is -0.140. The first kappa shape index (κ1) is 24.2. The molecular formula is C22H26Cl2N2O6. The lowest BCUT2D eigenvalue weighted by Crippen LogP contribution is -2.44. The minimum atomic E-state index is -1.25. The Bertz CT molecular complexity index is 891. The van der Waals surface area contributed by atoms with Crippen molar-refractivity contribution in [2.45, 2.75) is 31.3 Å². The van der Waals surface area contributed by atoms with Crippen LogP contribution in [0.1, 0.15) is 24.7 Å². The van der Waals surface area contributed by atoms with Crippen LogP contribution in [0.3, 0.4) is 0 Å². The number of alkyl halides is 2. The van der Waals surface area contributed by atoms with Gasteiger partial charge in [-0.05, 0) is 43.2 Å². The number of fused-ring (bicyclic) bond motifs is 1. The van der Waals surface area contributed by atoms with E-state index in [1.54, 1.807) is 23.3 Å². The number of amides is 2. The number of halogens is 2. The molecule has 1 aromatic carbocycles. The molecule has 32 heavy (non-hydrogen) atoms. The second kappa shape index (κ2) is 12.0. The Morgan fingerprint density at radius 3 is 2.66 bits per heavy atom. The molecule has 174 valence electrons. The van der Waals surface area contributed by atoms with E-state index in [1.807, 2.05) is 25.1 Å². The fourth-order valence-corrected chi connectivity index (χ4v) is 3.53. The quantitative estimate of drug-likeness (QED) is 0.338. The van der Waals surface area contributed by atoms with Gasteiger partial charge in [-0.25, -0.2) is 0 Å². The van der Waals surface area contributed by atoms with E-state index in [0.717, 1.165) is 5.56 Å². The molecule has 3 rings (SSSR count). The van der Waals surface area contributed by atoms with Gasteiger partial charge in [-0.15, -0.1) is 0 Å². The average molecular weight is 485 g/mol. The first-order chi connectivity index (χ1) is 15.5. The van der Waals surface area contributed by atoms with E-state index < -0.39 is 10.7 Å². The Morgan fingerprint density at radius 2 is 1.94 bits per heavy atom. The van der Waals surface area contributed by atoms with Crippen LogP contribution in [0.25, 0.3) is 0 Å². The van der Waals surface area contributed by atoms with E-state index in [-0.39, 0.29) is 25.8 Å². The maximum absolute atomic E-state index is 13.3. The predicted molar refractivity (Wildman–Crippen MR) is 119 cm³/mol. The fraction of sp³-hybridized carbons (Fsp3) is 0.455. The second-order valence-corrected chi connectivity index (χ2v) is 8.22. The van der Waals surface area contributed by atoms with E-state index in [9.17, 15) is 9.59 Å². The first-order valence-corrected chi connectivity index (χ1v) is 11.2. The van der Waals surface area contributed by atoms with Gasteiger partial charge >= 0.3 is 0 Å². The number of rotatable bonds is 12. The van der Waals surface area contributed by atoms with Gasteiger partial charge in [0.15, 0.2) is 16.3 Å². The number of benzene rings is 1. The second-order valence-electron chi connectivity index (χ2n) is 7.13. The Kier molecular flexibility index (Phi) is 9.08. The summed E-state index contributed by atoms with van der Waals surface area (Å²) in [7, 11) is 0. The Balaban J connectivity index is 1.72. The van der Waals surface area contributed by atoms with E-state index in [2.05, 4.69) is 0 Å². The minimum Gasteiger partial charge on any atom is -0.467 e. The number of furan rings is 1. The maximum Gasteiger partial charge on any atom is 0.256 e. The highest BCUT2D eigenvalue weighted by atomic mass is 35.5. The molecule has 0 aliphatic carbocycles. The van der Waals surface area contributed by atoms with Crippen LogP contribution in [0.2, 0.25) is 0 Å². The molecule has 1 aliphatic rings. The van der Waals surface area contributed by atoms with Crippen LogP contribution in [0.15, 0.2) is 41.0 Å². The minimum absolute atomic E-state index is 0.161. The Morgan fingerprint density at radius 1 is 1.12 bits per heavy atom. The summed E-state index contributed by atoms with van der Waals surface area (Å²) in [5, 5.41) is 0. The summed E-state index contributed by atoms with van der Waals surface area (Å²) in [4.78, 5) is 27.4. The van der Waals surface area contributed by atoms with Crippen molar-refractivity contribution in [1.82, 2.24) is 9.80 Å². The molecule has 0 fully saturated rings. The van der Waals surface area contributed by atoms with Gasteiger partial charge in [-0.1, -0.05) is 29.3 Å². The van der Waals surface area contributed by atoms with Crippen LogP contribution in [0, 0.1) is 0 Å². The molecule has 2 aromatic rings. The highest BCUT2D eigenvalue weighted by Gasteiger charge is 2.26. The lowest BCUT2D eigenvalue weighted by atomic mass is 10.2. The maximum atomic E-state index is 13.3. The van der Waals surface area contributed by atoms with Gasteiger partial charge in [0.2, 0.25) is 12.7 Å². The molecule has 0 saturated heterocycles. The van der Waals surface area contributed by atoms with E-state index in [4.69, 9.17) is 41.8 Å². The summed E-state index contributed by atoms with van der Waals surface area (Å²) in [6.07, 6.45) is 2.11. The van der Waals surface area contributed by atoms with Gasteiger partial charge in [0, 0.05) is 26.3 Å². The van der Waals surface area contributed by atoms with Gasteiger partial charge in [-0.3, -0.25) is 9.59 Å². The largest absolute Gasteiger partial charge is 0.467 e. The molecule has 1 aromatic heterocycles. The molecule has 2 heterocycles. The topological polar surface area (TPSA) is 81.5 Å². The van der Waals surface area contributed by atoms with Crippen molar-refractivity contribution in [2.75, 3.05) is 33.1 Å². The molecule has 0 saturated carbocycles. The summed E-state index contributed by atoms with van der Waals surface area (Å²) < 4.78 is 21.5. The van der Waals surface area contributed by atoms with E-state index in [1.165, 1.54) is 4.90 Å². The van der Waals surface area contributed by atoms with Crippen molar-refractivity contribution < 1.29 is 28.2 Å². The van der Waals surface area contributed by atoms with Gasteiger partial charge in [0.1, 0.15) is 5.76 Å². The van der Waals surface area contributed by atoms with Gasteiger partial charge < -0.3 is 28.4 Å². The Labute approximate surface area is 196 Å². The number of ether oxygens (including phenoxy) is 3. The fourth-order valence-electron chi connectivity index (χ4n) is 3.25. The van der Waals surface area contributed by atoms with Gasteiger partial charge in [0.05, 0.1) is 19.4 Å². The Hall–Kier alpha value is -2.42. The molecule has 0 bridgehead atoms. The molecule has 0 N–H and O–H groups in total. The monoisotopic (exact) mass is 484 g/mol. The van der Waals surface area contributed by atoms with Gasteiger partial charge in [-0.2, -0.15) is 0 Å². The summed E-state index contributed by atoms with van der Waals surface area (Å²) >= 11 is 11.6. The molecule has 2 amide bonds. The van der Waals surface area contributed by atoms with Crippen molar-refractivity contribution in [3.63, 3.8) is 0 Å². The van der Waals surface area contributed by atoms with E-state index >= 15 is 0 Å². The molecule has 10 heteroatoms. The van der Waals surface area contributed by atoms with Crippen molar-refractivity contribution >= 4 is 35.0 Å². The van der Waals surface area contributed by atoms with Crippen LogP contribution in [-0.2, 0) is 27.4 Å². The average Bonchev–Trinajstić information content (AvgIpc) is 3.46. The third-order valence-corrected chi connectivity index (χ3v) is 5.21. The van der Waals surface area contributed by atoms with Crippen molar-refractivity contribution in [1.29, 1.82) is 0 Å². The van der Waals surface area contributed by atoms with Crippen molar-refractivity contribution in [3.8, 4) is 11.5 Å². The van der Waals surface area contributed by atoms with E-state index in [0.29, 0.717) is 50.0 Å². The summed E-state index contributed by atoms with van der Waals surface area (Å²) in [5.41, 5.74) is 0.857. The molecule has 0 unspecified atom stereocenters. The summed E-state index contributed by atoms with van der Waals surface area (Å²) in [5.74, 6) is 1.14. The molecule has 1 aliphatic heterocycles. The first-order valence-electron chi connectivity index (χ1n) is 10.3. The number of hydrogen-bond donors (Lipinski definition) is 0. The zero-order chi connectivity index (χ0) is 22.9. The SMILES string of the molecule is CCOCCCN(CC(=O)N(Cc1ccc2c(c1)OCO2)Cc1ccco1)C(=O)C(Cl)Cl. The molecule has 0 spiro atoms. The zero-order valence-corrected chi connectivity index (χ0v) is 19.3. The third-order valence-electron chi connectivity index (χ3n) is 4.84. The normalized spacial score (nSPS) is 12.2. The smallest absolute Gasteiger partial charge is 0.256 e. The summed E-state index contributed by atoms with van der Waals surface area (Å²) in [6, 6.07) is 9.06. The van der Waals surface area contributed by atoms with Crippen molar-refractivity contribution in [2.24, 2.45) is 0 Å². The third kappa shape index (κ3) is 6.79. The van der Waals surface area contributed by atoms with Crippen LogP contribution < -0.4 is 9.47 Å². The zero-order valence-electron chi connectivity index (χ0n) is 17.8. The van der Waals surface area contributed by atoms with Crippen LogP contribution in [0.5, 0.6) is 11.5 Å². The van der Waals surface area contributed by atoms with Crippen molar-refractivity contribution in [3.05, 3.63) is 47.9 Å². The highest BCUT2D eigenvalue weighted by Crippen LogP contribution is 2.33. The highest BCUT2D eigenvalue weighted by molar-refractivity contribution is 6.53. The van der Waals surface area contributed by atoms with Gasteiger partial charge in [0.25, 0.3) is 5.91 Å². The molecule has 0 radical (unpaired) electrons. The molecule has 8 nitrogen and oxygen atoms in total. The summed E-state index contributed by atoms with van der Waals surface area (Å²) in [6.45, 7) is 3.79. The predicted octanol–water partition coefficient (Wildman–Crippen LogP) is 3.60. The standard InChI is InChI=1S/C22H26Cl2N2O6/c1-2-29-9-4-8-25(22(28)21(23)24)14-20(27)26(13-17-5-3-10-30-17)12-16-6-7-18-19(11-16)32-15-31-18/h3,5-7,10-11,21H,2,4,8-9,12-15H2,1H3. The van der Waals surface area contributed by atoms with Crippen LogP contribution >= 0.6 is 23.2 Å². The lowest BCUT2D eigenvalue weighted by Gasteiger charge is -2.28. The molecular weight excluding hydrogens is 459 g/mol. The number of nitrogens with zero attached hydrogens (tertiary/aromatic N) is 2. The number of carbonyl (C=O) groups is 2. The van der Waals surface area contributed by atoms with Crippen LogP contribution in [-0.4, -0.2) is 59.5 Å².